The number of anilines is 1. The van der Waals surface area contributed by atoms with Crippen molar-refractivity contribution in [2.45, 2.75) is 5.92 Å². The summed E-state index contributed by atoms with van der Waals surface area (Å²) in [5, 5.41) is 15.5. The minimum Gasteiger partial charge on any atom is -0.399 e. The molecule has 18 heavy (non-hydrogen) atoms. The van der Waals surface area contributed by atoms with Crippen LogP contribution in [0.3, 0.4) is 0 Å². The number of likely N-dealkylation sites (N-methyl/N-ethyl adjacent to an activating group) is 1. The van der Waals surface area contributed by atoms with Gasteiger partial charge in [0.15, 0.2) is 0 Å². The Labute approximate surface area is 107 Å². The van der Waals surface area contributed by atoms with Gasteiger partial charge >= 0.3 is 0 Å². The highest BCUT2D eigenvalue weighted by atomic mass is 16.5. The number of ether oxygens (including phenoxy) is 1. The number of nitrogens with zero attached hydrogens (tertiary/aromatic N) is 1. The Morgan fingerprint density at radius 1 is 1.56 bits per heavy atom. The fraction of sp³-hybridized carbons (Fsp3) is 0.385. The van der Waals surface area contributed by atoms with Crippen molar-refractivity contribution in [2.24, 2.45) is 5.92 Å². The van der Waals surface area contributed by atoms with Gasteiger partial charge in [0, 0.05) is 24.6 Å². The molecule has 0 spiro atoms. The first-order chi connectivity index (χ1) is 8.63. The minimum atomic E-state index is -0.0613. The van der Waals surface area contributed by atoms with Crippen molar-refractivity contribution in [3.05, 3.63) is 29.8 Å². The van der Waals surface area contributed by atoms with Crippen molar-refractivity contribution >= 4 is 17.9 Å². The predicted octanol–water partition coefficient (Wildman–Crippen LogP) is 1.51. The topological polar surface area (TPSA) is 86.2 Å². The molecule has 0 aliphatic carbocycles. The molecule has 0 radical (unpaired) electrons. The Balaban J connectivity index is 2.30. The lowest BCUT2D eigenvalue weighted by Crippen LogP contribution is -2.41. The normalized spacial score (nSPS) is 16.7. The minimum absolute atomic E-state index is 0.0613. The first-order valence-electron chi connectivity index (χ1n) is 5.88. The zero-order valence-corrected chi connectivity index (χ0v) is 10.4. The summed E-state index contributed by atoms with van der Waals surface area (Å²) in [6.07, 6.45) is 1.15. The Hall–Kier alpha value is -1.88. The summed E-state index contributed by atoms with van der Waals surface area (Å²) in [6, 6.07) is 7.61. The Morgan fingerprint density at radius 3 is 2.78 bits per heavy atom. The Bertz CT molecular complexity index is 456. The molecular formula is C13H18N4O. The first-order valence-corrected chi connectivity index (χ1v) is 5.88. The second kappa shape index (κ2) is 5.18. The van der Waals surface area contributed by atoms with E-state index in [1.807, 2.05) is 24.3 Å². The molecular weight excluding hydrogens is 228 g/mol. The third-order valence-electron chi connectivity index (χ3n) is 3.27. The van der Waals surface area contributed by atoms with Gasteiger partial charge in [0.05, 0.1) is 19.6 Å². The molecule has 0 aromatic heterocycles. The van der Waals surface area contributed by atoms with Crippen molar-refractivity contribution < 1.29 is 4.74 Å². The summed E-state index contributed by atoms with van der Waals surface area (Å²) in [5.41, 5.74) is 7.52. The quantitative estimate of drug-likeness (QED) is 0.427. The van der Waals surface area contributed by atoms with E-state index in [0.717, 1.165) is 11.9 Å². The van der Waals surface area contributed by atoms with Gasteiger partial charge in [-0.2, -0.15) is 0 Å². The molecule has 1 aliphatic heterocycles. The average Bonchev–Trinajstić information content (AvgIpc) is 2.31. The molecule has 1 atom stereocenters. The predicted molar refractivity (Wildman–Crippen MR) is 72.2 cm³/mol. The number of nitrogen functional groups attached to an aromatic ring is 1. The summed E-state index contributed by atoms with van der Waals surface area (Å²) in [5.74, 6) is 0.638. The molecule has 5 nitrogen and oxygen atoms in total. The first kappa shape index (κ1) is 12.6. The van der Waals surface area contributed by atoms with Crippen LogP contribution in [0.4, 0.5) is 5.69 Å². The van der Waals surface area contributed by atoms with Gasteiger partial charge in [-0.3, -0.25) is 10.8 Å². The van der Waals surface area contributed by atoms with Crippen molar-refractivity contribution in [1.29, 1.82) is 10.8 Å². The summed E-state index contributed by atoms with van der Waals surface area (Å²) in [7, 11) is 1.72. The second-order valence-corrected chi connectivity index (χ2v) is 4.57. The summed E-state index contributed by atoms with van der Waals surface area (Å²) in [4.78, 5) is 1.52. The van der Waals surface area contributed by atoms with E-state index in [0.29, 0.717) is 30.7 Å². The molecule has 5 heteroatoms. The molecule has 1 fully saturated rings. The van der Waals surface area contributed by atoms with Crippen LogP contribution in [0.15, 0.2) is 24.3 Å². The third-order valence-corrected chi connectivity index (χ3v) is 3.27. The number of rotatable bonds is 4. The van der Waals surface area contributed by atoms with Crippen LogP contribution in [0.1, 0.15) is 11.5 Å². The van der Waals surface area contributed by atoms with Crippen molar-refractivity contribution in [3.8, 4) is 0 Å². The fourth-order valence-corrected chi connectivity index (χ4v) is 2.14. The van der Waals surface area contributed by atoms with Gasteiger partial charge in [-0.1, -0.05) is 12.1 Å². The van der Waals surface area contributed by atoms with E-state index in [1.165, 1.54) is 4.90 Å². The molecule has 0 bridgehead atoms. The van der Waals surface area contributed by atoms with E-state index in [1.54, 1.807) is 7.05 Å². The number of hydrogen-bond acceptors (Lipinski definition) is 4. The largest absolute Gasteiger partial charge is 0.399 e. The second-order valence-electron chi connectivity index (χ2n) is 4.57. The smallest absolute Gasteiger partial charge is 0.109 e. The molecule has 2 rings (SSSR count). The monoisotopic (exact) mass is 246 g/mol. The van der Waals surface area contributed by atoms with Crippen LogP contribution < -0.4 is 5.73 Å². The van der Waals surface area contributed by atoms with Crippen molar-refractivity contribution in [3.63, 3.8) is 0 Å². The molecule has 1 unspecified atom stereocenters. The van der Waals surface area contributed by atoms with E-state index < -0.39 is 0 Å². The highest BCUT2D eigenvalue weighted by Crippen LogP contribution is 2.32. The summed E-state index contributed by atoms with van der Waals surface area (Å²) in [6.45, 7) is 1.32. The van der Waals surface area contributed by atoms with E-state index in [2.05, 4.69) is 0 Å². The van der Waals surface area contributed by atoms with Crippen molar-refractivity contribution in [1.82, 2.24) is 4.90 Å². The van der Waals surface area contributed by atoms with Gasteiger partial charge in [-0.05, 0) is 17.7 Å². The van der Waals surface area contributed by atoms with Crippen LogP contribution >= 0.6 is 0 Å². The van der Waals surface area contributed by atoms with E-state index in [-0.39, 0.29) is 5.92 Å². The number of nitrogens with two attached hydrogens (primary N) is 1. The number of nitrogens with one attached hydrogen (secondary N) is 2. The van der Waals surface area contributed by atoms with E-state index in [4.69, 9.17) is 21.3 Å². The van der Waals surface area contributed by atoms with Gasteiger partial charge in [0.1, 0.15) is 5.84 Å². The molecule has 1 aromatic carbocycles. The Morgan fingerprint density at radius 2 is 2.28 bits per heavy atom. The summed E-state index contributed by atoms with van der Waals surface area (Å²) < 4.78 is 5.23. The zero-order valence-electron chi connectivity index (χ0n) is 10.4. The number of benzene rings is 1. The maximum absolute atomic E-state index is 8.21. The molecule has 4 N–H and O–H groups in total. The molecule has 1 heterocycles. The highest BCUT2D eigenvalue weighted by Gasteiger charge is 2.34. The fourth-order valence-electron chi connectivity index (χ4n) is 2.14. The molecule has 1 aliphatic rings. The SMILES string of the molecule is CN(C=N)C(=N)C(c1cccc(N)c1)C1COC1. The van der Waals surface area contributed by atoms with Gasteiger partial charge in [-0.15, -0.1) is 0 Å². The van der Waals surface area contributed by atoms with Crippen LogP contribution in [-0.2, 0) is 4.74 Å². The summed E-state index contributed by atoms with van der Waals surface area (Å²) >= 11 is 0. The van der Waals surface area contributed by atoms with Crippen LogP contribution in [0.25, 0.3) is 0 Å². The average molecular weight is 246 g/mol. The van der Waals surface area contributed by atoms with Crippen LogP contribution in [-0.4, -0.2) is 37.3 Å². The van der Waals surface area contributed by atoms with E-state index >= 15 is 0 Å². The van der Waals surface area contributed by atoms with Crippen molar-refractivity contribution in [2.75, 3.05) is 26.0 Å². The number of hydrogen-bond donors (Lipinski definition) is 3. The molecule has 0 amide bonds. The lowest BCUT2D eigenvalue weighted by molar-refractivity contribution is -0.0365. The van der Waals surface area contributed by atoms with Gasteiger partial charge in [0.25, 0.3) is 0 Å². The third kappa shape index (κ3) is 2.36. The Kier molecular flexibility index (Phi) is 3.62. The lowest BCUT2D eigenvalue weighted by atomic mass is 9.83. The highest BCUT2D eigenvalue weighted by molar-refractivity contribution is 5.94. The standard InChI is InChI=1S/C13H18N4O/c1-17(8-14)13(16)12(10-6-18-7-10)9-3-2-4-11(15)5-9/h2-5,8,10,12,14,16H,6-7,15H2,1H3. The zero-order chi connectivity index (χ0) is 13.1. The maximum Gasteiger partial charge on any atom is 0.109 e. The van der Waals surface area contributed by atoms with Crippen LogP contribution in [0.2, 0.25) is 0 Å². The molecule has 1 saturated heterocycles. The van der Waals surface area contributed by atoms with Gasteiger partial charge < -0.3 is 15.4 Å². The molecule has 0 saturated carbocycles. The van der Waals surface area contributed by atoms with Gasteiger partial charge in [0.2, 0.25) is 0 Å². The number of amidine groups is 1. The van der Waals surface area contributed by atoms with E-state index in [9.17, 15) is 0 Å². The van der Waals surface area contributed by atoms with Gasteiger partial charge in [-0.25, -0.2) is 0 Å². The molecule has 1 aromatic rings. The molecule has 96 valence electrons. The van der Waals surface area contributed by atoms with Crippen LogP contribution in [0, 0.1) is 16.7 Å². The maximum atomic E-state index is 8.21. The van der Waals surface area contributed by atoms with Crippen LogP contribution in [0.5, 0.6) is 0 Å². The lowest BCUT2D eigenvalue weighted by Gasteiger charge is -2.36.